The molecule has 4 aromatic rings. The molecular formula is C40H46Br2N6O12. The highest BCUT2D eigenvalue weighted by molar-refractivity contribution is 9.10. The van der Waals surface area contributed by atoms with Crippen LogP contribution in [0.15, 0.2) is 57.5 Å². The minimum absolute atomic E-state index is 0.00620. The van der Waals surface area contributed by atoms with Gasteiger partial charge in [-0.25, -0.2) is 0 Å². The van der Waals surface area contributed by atoms with E-state index >= 15 is 0 Å². The second-order valence-electron chi connectivity index (χ2n) is 13.5. The van der Waals surface area contributed by atoms with Crippen LogP contribution >= 0.6 is 31.9 Å². The molecule has 322 valence electrons. The summed E-state index contributed by atoms with van der Waals surface area (Å²) in [5.41, 5.74) is 17.1. The van der Waals surface area contributed by atoms with Crippen molar-refractivity contribution < 1.29 is 58.6 Å². The molecule has 60 heavy (non-hydrogen) atoms. The average Bonchev–Trinajstić information content (AvgIpc) is 3.16. The van der Waals surface area contributed by atoms with Gasteiger partial charge < -0.3 is 61.5 Å². The number of hydrogen-bond acceptors (Lipinski definition) is 14. The number of primary amides is 2. The number of carbonyl (C=O) groups excluding carboxylic acids is 2. The SMILES string of the molecule is Cc1c(COc2nc(OCC(N)=O)c(CNCC(O)CC(=O)O)cc2Br)cccc1-c1cccc(COc2nc(OCC(N)=O)c(CNCC(O)CC(=O)O)cc2Br)c1C. The maximum absolute atomic E-state index is 11.5. The Morgan fingerprint density at radius 1 is 0.633 bits per heavy atom. The minimum Gasteiger partial charge on any atom is -0.481 e. The molecule has 2 unspecified atom stereocenters. The number of halogens is 2. The van der Waals surface area contributed by atoms with Gasteiger partial charge in [0.15, 0.2) is 13.2 Å². The Balaban J connectivity index is 1.50. The molecule has 0 bridgehead atoms. The van der Waals surface area contributed by atoms with E-state index in [1.165, 1.54) is 0 Å². The first-order valence-electron chi connectivity index (χ1n) is 18.4. The molecule has 0 fully saturated rings. The van der Waals surface area contributed by atoms with Crippen LogP contribution < -0.4 is 41.0 Å². The Bertz CT molecular complexity index is 2020. The topological polar surface area (TPSA) is 288 Å². The lowest BCUT2D eigenvalue weighted by molar-refractivity contribution is -0.140. The summed E-state index contributed by atoms with van der Waals surface area (Å²) in [5.74, 6) is -3.17. The van der Waals surface area contributed by atoms with E-state index in [1.807, 2.05) is 50.2 Å². The Morgan fingerprint density at radius 3 is 1.37 bits per heavy atom. The lowest BCUT2D eigenvalue weighted by atomic mass is 9.92. The summed E-state index contributed by atoms with van der Waals surface area (Å²) in [4.78, 5) is 53.7. The molecule has 2 aromatic heterocycles. The number of aliphatic hydroxyl groups is 2. The normalized spacial score (nSPS) is 12.0. The van der Waals surface area contributed by atoms with Crippen molar-refractivity contribution in [2.24, 2.45) is 11.5 Å². The Morgan fingerprint density at radius 2 is 1.02 bits per heavy atom. The maximum Gasteiger partial charge on any atom is 0.306 e. The van der Waals surface area contributed by atoms with Crippen molar-refractivity contribution in [2.75, 3.05) is 26.3 Å². The zero-order chi connectivity index (χ0) is 43.9. The second-order valence-corrected chi connectivity index (χ2v) is 15.2. The lowest BCUT2D eigenvalue weighted by Gasteiger charge is -2.18. The molecule has 0 saturated heterocycles. The number of aliphatic hydroxyl groups excluding tert-OH is 2. The highest BCUT2D eigenvalue weighted by Crippen LogP contribution is 2.35. The van der Waals surface area contributed by atoms with Crippen molar-refractivity contribution in [1.82, 2.24) is 20.6 Å². The zero-order valence-corrected chi connectivity index (χ0v) is 35.9. The molecule has 18 nitrogen and oxygen atoms in total. The highest BCUT2D eigenvalue weighted by atomic mass is 79.9. The molecule has 2 aromatic carbocycles. The number of carboxylic acid groups (broad SMARTS) is 2. The van der Waals surface area contributed by atoms with E-state index in [-0.39, 0.29) is 62.9 Å². The smallest absolute Gasteiger partial charge is 0.306 e. The van der Waals surface area contributed by atoms with E-state index in [0.717, 1.165) is 33.4 Å². The summed E-state index contributed by atoms with van der Waals surface area (Å²) in [6.07, 6.45) is -3.07. The van der Waals surface area contributed by atoms with Gasteiger partial charge in [0.05, 0.1) is 34.0 Å². The van der Waals surface area contributed by atoms with Crippen LogP contribution in [-0.4, -0.2) is 92.7 Å². The van der Waals surface area contributed by atoms with Gasteiger partial charge in [0.25, 0.3) is 11.8 Å². The fourth-order valence-corrected chi connectivity index (χ4v) is 6.78. The van der Waals surface area contributed by atoms with Gasteiger partial charge in [0.2, 0.25) is 23.5 Å². The third kappa shape index (κ3) is 14.4. The first-order valence-corrected chi connectivity index (χ1v) is 20.0. The van der Waals surface area contributed by atoms with Crippen molar-refractivity contribution >= 4 is 55.6 Å². The van der Waals surface area contributed by atoms with Crippen molar-refractivity contribution in [3.8, 4) is 34.6 Å². The van der Waals surface area contributed by atoms with E-state index in [9.17, 15) is 29.4 Å². The lowest BCUT2D eigenvalue weighted by Crippen LogP contribution is -2.29. The number of pyridine rings is 2. The number of aliphatic carboxylic acids is 2. The summed E-state index contributed by atoms with van der Waals surface area (Å²) in [7, 11) is 0. The monoisotopic (exact) mass is 960 g/mol. The Kier molecular flexibility index (Phi) is 18.0. The van der Waals surface area contributed by atoms with Crippen LogP contribution in [0.2, 0.25) is 0 Å². The van der Waals surface area contributed by atoms with Gasteiger partial charge in [-0.1, -0.05) is 36.4 Å². The number of benzene rings is 2. The van der Waals surface area contributed by atoms with E-state index in [0.29, 0.717) is 20.1 Å². The predicted molar refractivity (Wildman–Crippen MR) is 223 cm³/mol. The summed E-state index contributed by atoms with van der Waals surface area (Å²) in [6, 6.07) is 15.1. The first kappa shape index (κ1) is 47.3. The fourth-order valence-electron chi connectivity index (χ4n) is 5.82. The van der Waals surface area contributed by atoms with Crippen LogP contribution in [0.5, 0.6) is 23.5 Å². The van der Waals surface area contributed by atoms with E-state index in [4.69, 9.17) is 40.6 Å². The number of nitrogens with zero attached hydrogens (tertiary/aromatic N) is 2. The summed E-state index contributed by atoms with van der Waals surface area (Å²) >= 11 is 6.98. The highest BCUT2D eigenvalue weighted by Gasteiger charge is 2.19. The summed E-state index contributed by atoms with van der Waals surface area (Å²) in [5, 5.41) is 43.5. The fraction of sp³-hybridized carbons (Fsp3) is 0.350. The Hall–Kier alpha value is -5.38. The standard InChI is InChI=1S/C40H46Br2N6O12/c1-21-23(17-57-39-31(41)9-25(37(47-39)59-19-33(43)51)13-45-15-27(49)11-35(53)54)5-3-7-29(21)30-8-4-6-24(22(30)2)18-58-40-32(42)10-26(38(48-40)60-20-34(44)52)14-46-16-28(50)12-36(55)56/h3-10,27-28,45-46,49-50H,11-20H2,1-2H3,(H2,43,51)(H2,44,52)(H,53,54)(H,55,56). The number of ether oxygens (including phenoxy) is 4. The minimum atomic E-state index is -1.13. The Labute approximate surface area is 361 Å². The van der Waals surface area contributed by atoms with Crippen LogP contribution in [-0.2, 0) is 45.5 Å². The first-order chi connectivity index (χ1) is 28.5. The molecule has 2 amide bonds. The van der Waals surface area contributed by atoms with Gasteiger partial charge in [-0.15, -0.1) is 0 Å². The van der Waals surface area contributed by atoms with Crippen molar-refractivity contribution in [3.63, 3.8) is 0 Å². The van der Waals surface area contributed by atoms with Crippen LogP contribution in [0.4, 0.5) is 0 Å². The van der Waals surface area contributed by atoms with Crippen molar-refractivity contribution in [2.45, 2.75) is 65.2 Å². The molecule has 0 saturated carbocycles. The summed E-state index contributed by atoms with van der Waals surface area (Å²) < 4.78 is 24.4. The number of carbonyl (C=O) groups is 4. The predicted octanol–water partition coefficient (Wildman–Crippen LogP) is 3.02. The van der Waals surface area contributed by atoms with Crippen LogP contribution in [0, 0.1) is 13.8 Å². The third-order valence-corrected chi connectivity index (χ3v) is 9.93. The van der Waals surface area contributed by atoms with E-state index in [2.05, 4.69) is 52.5 Å². The van der Waals surface area contributed by atoms with Crippen LogP contribution in [0.3, 0.4) is 0 Å². The number of amides is 2. The molecule has 0 aliphatic carbocycles. The van der Waals surface area contributed by atoms with Gasteiger partial charge in [0.1, 0.15) is 13.2 Å². The largest absolute Gasteiger partial charge is 0.481 e. The maximum atomic E-state index is 11.5. The molecule has 2 heterocycles. The van der Waals surface area contributed by atoms with Crippen molar-refractivity contribution in [1.29, 1.82) is 0 Å². The van der Waals surface area contributed by atoms with Gasteiger partial charge in [-0.2, -0.15) is 9.97 Å². The molecule has 0 radical (unpaired) electrons. The molecule has 0 spiro atoms. The third-order valence-electron chi connectivity index (χ3n) is 8.79. The zero-order valence-electron chi connectivity index (χ0n) is 32.7. The second kappa shape index (κ2) is 22.8. The van der Waals surface area contributed by atoms with E-state index < -0.39 is 62.0 Å². The molecule has 2 atom stereocenters. The van der Waals surface area contributed by atoms with Crippen LogP contribution in [0.25, 0.3) is 11.1 Å². The van der Waals surface area contributed by atoms with Crippen molar-refractivity contribution in [3.05, 3.63) is 90.9 Å². The molecular weight excluding hydrogens is 916 g/mol. The number of aromatic nitrogens is 2. The molecule has 0 aliphatic heterocycles. The molecule has 4 rings (SSSR count). The molecule has 0 aliphatic rings. The average molecular weight is 963 g/mol. The number of hydrogen-bond donors (Lipinski definition) is 8. The van der Waals surface area contributed by atoms with Crippen LogP contribution in [0.1, 0.15) is 46.2 Å². The molecule has 20 heteroatoms. The van der Waals surface area contributed by atoms with Gasteiger partial charge >= 0.3 is 11.9 Å². The number of nitrogens with two attached hydrogens (primary N) is 2. The van der Waals surface area contributed by atoms with Gasteiger partial charge in [-0.05, 0) is 91.2 Å². The van der Waals surface area contributed by atoms with E-state index in [1.54, 1.807) is 12.1 Å². The quantitative estimate of drug-likeness (QED) is 0.0474. The number of nitrogens with one attached hydrogen (secondary N) is 2. The molecule has 10 N–H and O–H groups in total. The summed E-state index contributed by atoms with van der Waals surface area (Å²) in [6.45, 7) is 3.57. The van der Waals surface area contributed by atoms with Gasteiger partial charge in [-0.3, -0.25) is 19.2 Å². The number of carboxylic acids is 2. The van der Waals surface area contributed by atoms with Gasteiger partial charge in [0, 0.05) is 37.3 Å². The number of rotatable bonds is 25.